The quantitative estimate of drug-likeness (QED) is 0.403. The van der Waals surface area contributed by atoms with E-state index in [1.165, 1.54) is 7.11 Å². The van der Waals surface area contributed by atoms with Crippen LogP contribution in [0.15, 0.2) is 83.3 Å². The van der Waals surface area contributed by atoms with Crippen LogP contribution in [0.3, 0.4) is 0 Å². The van der Waals surface area contributed by atoms with Gasteiger partial charge in [0.2, 0.25) is 0 Å². The third kappa shape index (κ3) is 4.89. The molecule has 4 aromatic rings. The van der Waals surface area contributed by atoms with Crippen LogP contribution in [0.5, 0.6) is 11.5 Å². The van der Waals surface area contributed by atoms with Gasteiger partial charge in [0.15, 0.2) is 12.4 Å². The Balaban J connectivity index is 1.51. The minimum Gasteiger partial charge on any atom is -0.489 e. The van der Waals surface area contributed by atoms with Gasteiger partial charge in [0.25, 0.3) is 5.91 Å². The molecule has 1 aromatic heterocycles. The number of fused-ring (bicyclic) bond motifs is 1. The maximum absolute atomic E-state index is 13.0. The van der Waals surface area contributed by atoms with Crippen molar-refractivity contribution in [3.63, 3.8) is 0 Å². The molecule has 0 atom stereocenters. The van der Waals surface area contributed by atoms with E-state index >= 15 is 0 Å². The molecule has 0 spiro atoms. The van der Waals surface area contributed by atoms with Crippen LogP contribution in [0.1, 0.15) is 16.1 Å². The number of benzene rings is 3. The van der Waals surface area contributed by atoms with E-state index in [4.69, 9.17) is 13.9 Å². The van der Waals surface area contributed by atoms with Gasteiger partial charge < -0.3 is 23.9 Å². The Morgan fingerprint density at radius 2 is 1.53 bits per heavy atom. The number of hydrogen-bond acceptors (Lipinski definition) is 6. The molecule has 7 heteroatoms. The van der Waals surface area contributed by atoms with E-state index in [0.717, 1.165) is 5.39 Å². The number of rotatable bonds is 8. The molecule has 1 N–H and O–H groups in total. The summed E-state index contributed by atoms with van der Waals surface area (Å²) in [5.74, 6) is 0.502. The number of esters is 1. The van der Waals surface area contributed by atoms with Gasteiger partial charge in [-0.2, -0.15) is 0 Å². The third-order valence-electron chi connectivity index (χ3n) is 4.73. The molecular weight excluding hydrogens is 410 g/mol. The summed E-state index contributed by atoms with van der Waals surface area (Å²) in [6, 6.07) is 23.5. The van der Waals surface area contributed by atoms with Gasteiger partial charge in [0.05, 0.1) is 7.11 Å². The van der Waals surface area contributed by atoms with Crippen LogP contribution < -0.4 is 14.8 Å². The molecule has 32 heavy (non-hydrogen) atoms. The van der Waals surface area contributed by atoms with Crippen molar-refractivity contribution in [2.75, 3.05) is 19.0 Å². The zero-order chi connectivity index (χ0) is 22.3. The first-order valence-corrected chi connectivity index (χ1v) is 9.93. The number of nitrogens with one attached hydrogen (secondary N) is 1. The molecule has 0 aliphatic carbocycles. The van der Waals surface area contributed by atoms with E-state index in [-0.39, 0.29) is 19.0 Å². The van der Waals surface area contributed by atoms with Gasteiger partial charge in [-0.3, -0.25) is 4.79 Å². The highest BCUT2D eigenvalue weighted by molar-refractivity contribution is 6.06. The average molecular weight is 431 g/mol. The van der Waals surface area contributed by atoms with E-state index < -0.39 is 11.9 Å². The Labute approximate surface area is 184 Å². The largest absolute Gasteiger partial charge is 0.489 e. The molecule has 0 saturated carbocycles. The fourth-order valence-electron chi connectivity index (χ4n) is 3.12. The number of para-hydroxylation sites is 2. The Morgan fingerprint density at radius 3 is 2.28 bits per heavy atom. The first-order valence-electron chi connectivity index (χ1n) is 9.93. The minimum atomic E-state index is -0.475. The number of amides is 1. The molecule has 0 unspecified atom stereocenters. The molecule has 7 nitrogen and oxygen atoms in total. The van der Waals surface area contributed by atoms with Gasteiger partial charge in [-0.15, -0.1) is 0 Å². The smallest absolute Gasteiger partial charge is 0.343 e. The molecule has 0 radical (unpaired) electrons. The Kier molecular flexibility index (Phi) is 6.36. The molecule has 0 aliphatic heterocycles. The summed E-state index contributed by atoms with van der Waals surface area (Å²) in [4.78, 5) is 24.2. The van der Waals surface area contributed by atoms with Crippen LogP contribution >= 0.6 is 0 Å². The number of methoxy groups -OCH3 is 1. The van der Waals surface area contributed by atoms with Crippen molar-refractivity contribution in [3.05, 3.63) is 90.2 Å². The molecule has 4 rings (SSSR count). The Morgan fingerprint density at radius 1 is 0.844 bits per heavy atom. The third-order valence-corrected chi connectivity index (χ3v) is 4.73. The predicted molar refractivity (Wildman–Crippen MR) is 119 cm³/mol. The second-order valence-electron chi connectivity index (χ2n) is 6.85. The summed E-state index contributed by atoms with van der Waals surface area (Å²) >= 11 is 0. The van der Waals surface area contributed by atoms with Gasteiger partial charge in [0, 0.05) is 16.6 Å². The van der Waals surface area contributed by atoms with Gasteiger partial charge in [0.1, 0.15) is 23.7 Å². The van der Waals surface area contributed by atoms with E-state index in [9.17, 15) is 9.59 Å². The topological polar surface area (TPSA) is 87.0 Å². The van der Waals surface area contributed by atoms with Gasteiger partial charge >= 0.3 is 5.97 Å². The summed E-state index contributed by atoms with van der Waals surface area (Å²) in [6.07, 6.45) is 0. The molecule has 0 bridgehead atoms. The lowest BCUT2D eigenvalue weighted by Gasteiger charge is -2.09. The van der Waals surface area contributed by atoms with Gasteiger partial charge in [-0.1, -0.05) is 36.4 Å². The molecule has 162 valence electrons. The van der Waals surface area contributed by atoms with Crippen molar-refractivity contribution >= 4 is 28.5 Å². The van der Waals surface area contributed by atoms with Gasteiger partial charge in [-0.05, 0) is 42.5 Å². The van der Waals surface area contributed by atoms with Crippen molar-refractivity contribution in [2.24, 2.45) is 0 Å². The lowest BCUT2D eigenvalue weighted by Crippen LogP contribution is -2.14. The second kappa shape index (κ2) is 9.70. The molecule has 0 fully saturated rings. The summed E-state index contributed by atoms with van der Waals surface area (Å²) in [5, 5.41) is 3.65. The van der Waals surface area contributed by atoms with Crippen molar-refractivity contribution in [1.29, 1.82) is 0 Å². The monoisotopic (exact) mass is 431 g/mol. The minimum absolute atomic E-state index is 0.185. The van der Waals surface area contributed by atoms with Gasteiger partial charge in [-0.25, -0.2) is 4.79 Å². The zero-order valence-electron chi connectivity index (χ0n) is 17.4. The zero-order valence-corrected chi connectivity index (χ0v) is 17.4. The number of hydrogen-bond donors (Lipinski definition) is 1. The number of furan rings is 1. The van der Waals surface area contributed by atoms with Crippen molar-refractivity contribution in [3.8, 4) is 11.5 Å². The lowest BCUT2D eigenvalue weighted by molar-refractivity contribution is -0.142. The predicted octanol–water partition coefficient (Wildman–Crippen LogP) is 4.82. The maximum Gasteiger partial charge on any atom is 0.343 e. The Hall–Kier alpha value is -4.26. The van der Waals surface area contributed by atoms with E-state index in [1.807, 2.05) is 54.6 Å². The van der Waals surface area contributed by atoms with E-state index in [1.54, 1.807) is 24.3 Å². The SMILES string of the molecule is COC(=O)COc1ccc(NC(=O)c2oc3ccccc3c2COc2ccccc2)cc1. The number of ether oxygens (including phenoxy) is 3. The highest BCUT2D eigenvalue weighted by atomic mass is 16.6. The average Bonchev–Trinajstić information content (AvgIpc) is 3.21. The van der Waals surface area contributed by atoms with E-state index in [0.29, 0.717) is 28.3 Å². The van der Waals surface area contributed by atoms with Crippen LogP contribution in [-0.2, 0) is 16.1 Å². The molecule has 1 heterocycles. The van der Waals surface area contributed by atoms with Crippen molar-refractivity contribution in [1.82, 2.24) is 0 Å². The standard InChI is InChI=1S/C25H21NO6/c1-29-23(27)16-31-19-13-11-17(12-14-19)26-25(28)24-21(15-30-18-7-3-2-4-8-18)20-9-5-6-10-22(20)32-24/h2-14H,15-16H2,1H3,(H,26,28). The highest BCUT2D eigenvalue weighted by Crippen LogP contribution is 2.28. The first-order chi connectivity index (χ1) is 15.6. The molecular formula is C25H21NO6. The van der Waals surface area contributed by atoms with Crippen LogP contribution in [-0.4, -0.2) is 25.6 Å². The van der Waals surface area contributed by atoms with Crippen LogP contribution in [0.25, 0.3) is 11.0 Å². The fourth-order valence-corrected chi connectivity index (χ4v) is 3.12. The van der Waals surface area contributed by atoms with Crippen LogP contribution in [0, 0.1) is 0 Å². The molecule has 1 amide bonds. The maximum atomic E-state index is 13.0. The van der Waals surface area contributed by atoms with Crippen molar-refractivity contribution < 1.29 is 28.2 Å². The summed E-state index contributed by atoms with van der Waals surface area (Å²) in [6.45, 7) is -0.00392. The van der Waals surface area contributed by atoms with Crippen LogP contribution in [0.4, 0.5) is 5.69 Å². The Bertz CT molecular complexity index is 1210. The molecule has 0 saturated heterocycles. The van der Waals surface area contributed by atoms with E-state index in [2.05, 4.69) is 10.1 Å². The first kappa shape index (κ1) is 21.0. The van der Waals surface area contributed by atoms with Crippen molar-refractivity contribution in [2.45, 2.75) is 6.61 Å². The highest BCUT2D eigenvalue weighted by Gasteiger charge is 2.21. The van der Waals surface area contributed by atoms with Crippen LogP contribution in [0.2, 0.25) is 0 Å². The number of carbonyl (C=O) groups is 2. The molecule has 0 aliphatic rings. The summed E-state index contributed by atoms with van der Waals surface area (Å²) in [7, 11) is 1.29. The normalized spacial score (nSPS) is 10.5. The fraction of sp³-hybridized carbons (Fsp3) is 0.120. The molecule has 3 aromatic carbocycles. The summed E-state index contributed by atoms with van der Waals surface area (Å²) < 4.78 is 21.6. The number of carbonyl (C=O) groups excluding carboxylic acids is 2. The lowest BCUT2D eigenvalue weighted by atomic mass is 10.1. The summed E-state index contributed by atoms with van der Waals surface area (Å²) in [5.41, 5.74) is 1.83. The second-order valence-corrected chi connectivity index (χ2v) is 6.85. The number of anilines is 1.